The van der Waals surface area contributed by atoms with E-state index in [2.05, 4.69) is 10.6 Å². The molecule has 0 spiro atoms. The van der Waals surface area contributed by atoms with Crippen molar-refractivity contribution in [2.75, 3.05) is 49.6 Å². The van der Waals surface area contributed by atoms with E-state index in [1.54, 1.807) is 6.92 Å². The Morgan fingerprint density at radius 2 is 2.00 bits per heavy atom. The van der Waals surface area contributed by atoms with Gasteiger partial charge in [0.25, 0.3) is 0 Å². The van der Waals surface area contributed by atoms with Crippen LogP contribution in [0.3, 0.4) is 0 Å². The molecule has 7 nitrogen and oxygen atoms in total. The number of amides is 3. The van der Waals surface area contributed by atoms with Gasteiger partial charge >= 0.3 is 12.2 Å². The Bertz CT molecular complexity index is 720. The van der Waals surface area contributed by atoms with Gasteiger partial charge in [-0.15, -0.1) is 0 Å². The molecule has 2 aliphatic heterocycles. The summed E-state index contributed by atoms with van der Waals surface area (Å²) in [6, 6.07) is 2.45. The molecule has 1 aromatic rings. The van der Waals surface area contributed by atoms with Gasteiger partial charge < -0.3 is 25.2 Å². The zero-order valence-corrected chi connectivity index (χ0v) is 14.8. The third kappa shape index (κ3) is 4.62. The topological polar surface area (TPSA) is 73.9 Å². The number of anilines is 2. The highest BCUT2D eigenvalue weighted by Gasteiger charge is 2.32. The summed E-state index contributed by atoms with van der Waals surface area (Å²) in [7, 11) is 0. The first-order valence-corrected chi connectivity index (χ1v) is 8.63. The van der Waals surface area contributed by atoms with E-state index in [1.807, 2.05) is 4.90 Å². The molecule has 3 amide bonds. The number of halogens is 3. The van der Waals surface area contributed by atoms with Gasteiger partial charge in [0.05, 0.1) is 30.2 Å². The standard InChI is InChI=1S/C17H21F3N4O3/c1-11-9-24(10-15(25)21-11)16(26)22-13-8-12(17(18,19)20)2-3-14(13)23-4-6-27-7-5-23/h2-3,8,11H,4-7,9-10H2,1H3,(H,21,25)(H,22,26). The molecule has 2 saturated heterocycles. The maximum atomic E-state index is 13.1. The lowest BCUT2D eigenvalue weighted by Gasteiger charge is -2.33. The molecule has 0 aliphatic carbocycles. The lowest BCUT2D eigenvalue weighted by molar-refractivity contribution is -0.137. The summed E-state index contributed by atoms with van der Waals surface area (Å²) in [5.41, 5.74) is -0.288. The Morgan fingerprint density at radius 3 is 2.63 bits per heavy atom. The van der Waals surface area contributed by atoms with Crippen LogP contribution < -0.4 is 15.5 Å². The van der Waals surface area contributed by atoms with E-state index in [1.165, 1.54) is 11.0 Å². The minimum atomic E-state index is -4.53. The first kappa shape index (κ1) is 19.3. The third-order valence-electron chi connectivity index (χ3n) is 4.44. The lowest BCUT2D eigenvalue weighted by atomic mass is 10.1. The number of ether oxygens (including phenoxy) is 1. The minimum absolute atomic E-state index is 0.0651. The van der Waals surface area contributed by atoms with Crippen LogP contribution in [0.5, 0.6) is 0 Å². The van der Waals surface area contributed by atoms with Gasteiger partial charge in [-0.25, -0.2) is 4.79 Å². The molecule has 3 rings (SSSR count). The van der Waals surface area contributed by atoms with Crippen molar-refractivity contribution in [1.29, 1.82) is 0 Å². The fraction of sp³-hybridized carbons (Fsp3) is 0.529. The quantitative estimate of drug-likeness (QED) is 0.814. The molecule has 148 valence electrons. The Morgan fingerprint density at radius 1 is 1.30 bits per heavy atom. The van der Waals surface area contributed by atoms with Gasteiger partial charge in [-0.2, -0.15) is 13.2 Å². The number of rotatable bonds is 2. The fourth-order valence-corrected chi connectivity index (χ4v) is 3.18. The van der Waals surface area contributed by atoms with Crippen molar-refractivity contribution in [2.24, 2.45) is 0 Å². The number of benzene rings is 1. The first-order chi connectivity index (χ1) is 12.7. The van der Waals surface area contributed by atoms with Gasteiger partial charge in [0, 0.05) is 25.7 Å². The number of nitrogens with zero attached hydrogens (tertiary/aromatic N) is 2. The van der Waals surface area contributed by atoms with E-state index in [-0.39, 0.29) is 30.7 Å². The number of morpholine rings is 1. The van der Waals surface area contributed by atoms with Crippen molar-refractivity contribution in [3.63, 3.8) is 0 Å². The molecule has 1 atom stereocenters. The van der Waals surface area contributed by atoms with Crippen LogP contribution in [-0.2, 0) is 15.7 Å². The molecule has 2 heterocycles. The summed E-state index contributed by atoms with van der Waals surface area (Å²) in [5, 5.41) is 5.24. The largest absolute Gasteiger partial charge is 0.416 e. The van der Waals surface area contributed by atoms with Crippen molar-refractivity contribution >= 4 is 23.3 Å². The van der Waals surface area contributed by atoms with E-state index in [4.69, 9.17) is 4.74 Å². The van der Waals surface area contributed by atoms with Crippen LogP contribution >= 0.6 is 0 Å². The van der Waals surface area contributed by atoms with Crippen LogP contribution in [0.4, 0.5) is 29.3 Å². The van der Waals surface area contributed by atoms with Crippen LogP contribution in [0, 0.1) is 0 Å². The molecule has 10 heteroatoms. The molecule has 0 saturated carbocycles. The van der Waals surface area contributed by atoms with E-state index in [0.29, 0.717) is 32.0 Å². The molecule has 0 bridgehead atoms. The number of hydrogen-bond donors (Lipinski definition) is 2. The van der Waals surface area contributed by atoms with Crippen LogP contribution in [-0.4, -0.2) is 62.3 Å². The van der Waals surface area contributed by atoms with Crippen LogP contribution in [0.25, 0.3) is 0 Å². The monoisotopic (exact) mass is 386 g/mol. The predicted molar refractivity (Wildman–Crippen MR) is 92.7 cm³/mol. The van der Waals surface area contributed by atoms with Gasteiger partial charge in [-0.3, -0.25) is 4.79 Å². The molecule has 1 aromatic carbocycles. The number of alkyl halides is 3. The zero-order chi connectivity index (χ0) is 19.6. The van der Waals surface area contributed by atoms with Crippen LogP contribution in [0.2, 0.25) is 0 Å². The Hall–Kier alpha value is -2.49. The first-order valence-electron chi connectivity index (χ1n) is 8.63. The molecular weight excluding hydrogens is 365 g/mol. The summed E-state index contributed by atoms with van der Waals surface area (Å²) >= 11 is 0. The summed E-state index contributed by atoms with van der Waals surface area (Å²) in [6.07, 6.45) is -4.53. The number of carbonyl (C=O) groups is 2. The van der Waals surface area contributed by atoms with Crippen molar-refractivity contribution in [1.82, 2.24) is 10.2 Å². The van der Waals surface area contributed by atoms with Gasteiger partial charge in [0.15, 0.2) is 0 Å². The molecule has 0 aromatic heterocycles. The molecule has 27 heavy (non-hydrogen) atoms. The lowest BCUT2D eigenvalue weighted by Crippen LogP contribution is -2.55. The van der Waals surface area contributed by atoms with Gasteiger partial charge in [-0.05, 0) is 25.1 Å². The smallest absolute Gasteiger partial charge is 0.378 e. The van der Waals surface area contributed by atoms with Crippen LogP contribution in [0.15, 0.2) is 18.2 Å². The molecule has 2 aliphatic rings. The average molecular weight is 386 g/mol. The number of nitrogens with one attached hydrogen (secondary N) is 2. The second-order valence-corrected chi connectivity index (χ2v) is 6.61. The van der Waals surface area contributed by atoms with Gasteiger partial charge in [0.2, 0.25) is 5.91 Å². The number of piperazine rings is 1. The maximum Gasteiger partial charge on any atom is 0.416 e. The fourth-order valence-electron chi connectivity index (χ4n) is 3.18. The SMILES string of the molecule is CC1CN(C(=O)Nc2cc(C(F)(F)F)ccc2N2CCOCC2)CC(=O)N1. The van der Waals surface area contributed by atoms with E-state index >= 15 is 0 Å². The zero-order valence-electron chi connectivity index (χ0n) is 14.8. The van der Waals surface area contributed by atoms with Gasteiger partial charge in [-0.1, -0.05) is 0 Å². The molecular formula is C17H21F3N4O3. The molecule has 2 N–H and O–H groups in total. The third-order valence-corrected chi connectivity index (χ3v) is 4.44. The highest BCUT2D eigenvalue weighted by atomic mass is 19.4. The van der Waals surface area contributed by atoms with E-state index in [9.17, 15) is 22.8 Å². The van der Waals surface area contributed by atoms with Gasteiger partial charge in [0.1, 0.15) is 6.54 Å². The number of hydrogen-bond acceptors (Lipinski definition) is 4. The van der Waals surface area contributed by atoms with Crippen molar-refractivity contribution in [3.05, 3.63) is 23.8 Å². The van der Waals surface area contributed by atoms with Crippen molar-refractivity contribution in [2.45, 2.75) is 19.1 Å². The summed E-state index contributed by atoms with van der Waals surface area (Å²) in [4.78, 5) is 27.4. The van der Waals surface area contributed by atoms with Crippen molar-refractivity contribution < 1.29 is 27.5 Å². The average Bonchev–Trinajstić information content (AvgIpc) is 2.61. The minimum Gasteiger partial charge on any atom is -0.378 e. The molecule has 2 fully saturated rings. The Labute approximate surface area is 154 Å². The van der Waals surface area contributed by atoms with Crippen LogP contribution in [0.1, 0.15) is 12.5 Å². The summed E-state index contributed by atoms with van der Waals surface area (Å²) < 4.78 is 44.7. The van der Waals surface area contributed by atoms with Crippen molar-refractivity contribution in [3.8, 4) is 0 Å². The summed E-state index contributed by atoms with van der Waals surface area (Å²) in [6.45, 7) is 3.83. The maximum absolute atomic E-state index is 13.1. The van der Waals surface area contributed by atoms with E-state index in [0.717, 1.165) is 12.1 Å². The molecule has 1 unspecified atom stereocenters. The van der Waals surface area contributed by atoms with E-state index < -0.39 is 17.8 Å². The second-order valence-electron chi connectivity index (χ2n) is 6.61. The number of urea groups is 1. The predicted octanol–water partition coefficient (Wildman–Crippen LogP) is 1.89. The Kier molecular flexibility index (Phi) is 5.45. The highest BCUT2D eigenvalue weighted by molar-refractivity contribution is 5.96. The number of carbonyl (C=O) groups excluding carboxylic acids is 2. The highest BCUT2D eigenvalue weighted by Crippen LogP contribution is 2.36. The Balaban J connectivity index is 1.86. The normalized spacial score (nSPS) is 21.0. The molecule has 0 radical (unpaired) electrons. The second kappa shape index (κ2) is 7.63. The summed E-state index contributed by atoms with van der Waals surface area (Å²) in [5.74, 6) is -0.304.